The average Bonchev–Trinajstić information content (AvgIpc) is 2.61. The molecule has 0 spiro atoms. The molecule has 3 amide bonds. The highest BCUT2D eigenvalue weighted by atomic mass is 16.2. The molecule has 0 saturated heterocycles. The molecular weight excluding hydrogens is 314 g/mol. The molecule has 0 saturated carbocycles. The number of amides is 3. The van der Waals surface area contributed by atoms with Gasteiger partial charge in [-0.25, -0.2) is 4.79 Å². The van der Waals surface area contributed by atoms with Crippen molar-refractivity contribution in [3.05, 3.63) is 70.8 Å². The molecule has 2 rings (SSSR count). The number of benzene rings is 2. The number of carbonyl (C=O) groups excluding carboxylic acids is 2. The second kappa shape index (κ2) is 8.87. The molecule has 25 heavy (non-hydrogen) atoms. The Labute approximate surface area is 148 Å². The zero-order chi connectivity index (χ0) is 18.2. The summed E-state index contributed by atoms with van der Waals surface area (Å²) in [6, 6.07) is 15.3. The summed E-state index contributed by atoms with van der Waals surface area (Å²) in [6.45, 7) is 6.35. The standard InChI is InChI=1S/C20H25N3O2/c1-14-9-10-15(2)18(11-14)16(3)23-19(24)13-22-20(25)21-12-17-7-5-4-6-8-17/h4-11,16H,12-13H2,1-3H3,(H,23,24)(H2,21,22,25). The molecule has 132 valence electrons. The molecule has 0 fully saturated rings. The maximum atomic E-state index is 12.0. The Morgan fingerprint density at radius 3 is 2.44 bits per heavy atom. The van der Waals surface area contributed by atoms with Crippen molar-refractivity contribution in [2.45, 2.75) is 33.4 Å². The fourth-order valence-electron chi connectivity index (χ4n) is 2.60. The summed E-state index contributed by atoms with van der Waals surface area (Å²) in [6.07, 6.45) is 0. The topological polar surface area (TPSA) is 70.2 Å². The van der Waals surface area contributed by atoms with Gasteiger partial charge in [-0.2, -0.15) is 0 Å². The van der Waals surface area contributed by atoms with Gasteiger partial charge in [-0.1, -0.05) is 54.1 Å². The summed E-state index contributed by atoms with van der Waals surface area (Å²) >= 11 is 0. The minimum Gasteiger partial charge on any atom is -0.348 e. The largest absolute Gasteiger partial charge is 0.348 e. The van der Waals surface area contributed by atoms with Gasteiger partial charge in [-0.05, 0) is 37.5 Å². The number of nitrogens with one attached hydrogen (secondary N) is 3. The van der Waals surface area contributed by atoms with Crippen molar-refractivity contribution in [3.63, 3.8) is 0 Å². The lowest BCUT2D eigenvalue weighted by atomic mass is 10.00. The number of carbonyl (C=O) groups is 2. The van der Waals surface area contributed by atoms with Gasteiger partial charge < -0.3 is 16.0 Å². The maximum Gasteiger partial charge on any atom is 0.315 e. The van der Waals surface area contributed by atoms with Crippen LogP contribution < -0.4 is 16.0 Å². The third kappa shape index (κ3) is 5.95. The zero-order valence-electron chi connectivity index (χ0n) is 14.9. The molecular formula is C20H25N3O2. The Balaban J connectivity index is 1.76. The highest BCUT2D eigenvalue weighted by Gasteiger charge is 2.12. The molecule has 0 aliphatic heterocycles. The molecule has 0 radical (unpaired) electrons. The van der Waals surface area contributed by atoms with E-state index in [4.69, 9.17) is 0 Å². The highest BCUT2D eigenvalue weighted by Crippen LogP contribution is 2.18. The van der Waals surface area contributed by atoms with Gasteiger partial charge in [0.2, 0.25) is 5.91 Å². The smallest absolute Gasteiger partial charge is 0.315 e. The van der Waals surface area contributed by atoms with Gasteiger partial charge in [0.25, 0.3) is 0 Å². The number of hydrogen-bond acceptors (Lipinski definition) is 2. The summed E-state index contributed by atoms with van der Waals surface area (Å²) in [5.74, 6) is -0.219. The minimum absolute atomic E-state index is 0.0597. The second-order valence-corrected chi connectivity index (χ2v) is 6.17. The molecule has 5 heteroatoms. The molecule has 0 aliphatic carbocycles. The van der Waals surface area contributed by atoms with Crippen LogP contribution in [0.4, 0.5) is 4.79 Å². The second-order valence-electron chi connectivity index (χ2n) is 6.17. The van der Waals surface area contributed by atoms with Crippen LogP contribution >= 0.6 is 0 Å². The lowest BCUT2D eigenvalue weighted by molar-refractivity contribution is -0.120. The van der Waals surface area contributed by atoms with E-state index in [0.29, 0.717) is 6.54 Å². The van der Waals surface area contributed by atoms with Crippen LogP contribution in [0, 0.1) is 13.8 Å². The Kier molecular flexibility index (Phi) is 6.57. The first kappa shape index (κ1) is 18.5. The van der Waals surface area contributed by atoms with E-state index in [9.17, 15) is 9.59 Å². The minimum atomic E-state index is -0.363. The van der Waals surface area contributed by atoms with Gasteiger partial charge in [-0.15, -0.1) is 0 Å². The molecule has 5 nitrogen and oxygen atoms in total. The molecule has 0 bridgehead atoms. The third-order valence-corrected chi connectivity index (χ3v) is 3.98. The van der Waals surface area contributed by atoms with E-state index in [2.05, 4.69) is 22.0 Å². The van der Waals surface area contributed by atoms with E-state index in [1.807, 2.05) is 63.2 Å². The first-order valence-corrected chi connectivity index (χ1v) is 8.38. The highest BCUT2D eigenvalue weighted by molar-refractivity contribution is 5.84. The maximum absolute atomic E-state index is 12.0. The summed E-state index contributed by atoms with van der Waals surface area (Å²) in [5.41, 5.74) is 4.37. The Hall–Kier alpha value is -2.82. The monoisotopic (exact) mass is 339 g/mol. The fourth-order valence-corrected chi connectivity index (χ4v) is 2.60. The lowest BCUT2D eigenvalue weighted by Gasteiger charge is -2.17. The summed E-state index contributed by atoms with van der Waals surface area (Å²) in [4.78, 5) is 23.8. The van der Waals surface area contributed by atoms with Crippen molar-refractivity contribution in [1.29, 1.82) is 0 Å². The Bertz CT molecular complexity index is 729. The predicted octanol–water partition coefficient (Wildman–Crippen LogP) is 2.98. The van der Waals surface area contributed by atoms with Crippen LogP contribution in [0.1, 0.15) is 35.2 Å². The molecule has 1 unspecified atom stereocenters. The molecule has 3 N–H and O–H groups in total. The fraction of sp³-hybridized carbons (Fsp3) is 0.300. The Morgan fingerprint density at radius 2 is 1.72 bits per heavy atom. The average molecular weight is 339 g/mol. The number of aryl methyl sites for hydroxylation is 2. The van der Waals surface area contributed by atoms with Gasteiger partial charge in [0.05, 0.1) is 12.6 Å². The van der Waals surface area contributed by atoms with Crippen LogP contribution in [0.25, 0.3) is 0 Å². The van der Waals surface area contributed by atoms with Crippen molar-refractivity contribution in [2.24, 2.45) is 0 Å². The molecule has 2 aromatic rings. The molecule has 0 aliphatic rings. The van der Waals surface area contributed by atoms with Gasteiger partial charge in [0.1, 0.15) is 0 Å². The Morgan fingerprint density at radius 1 is 1.00 bits per heavy atom. The van der Waals surface area contributed by atoms with Crippen LogP contribution in [-0.2, 0) is 11.3 Å². The normalized spacial score (nSPS) is 11.5. The number of urea groups is 1. The number of hydrogen-bond donors (Lipinski definition) is 3. The summed E-state index contributed by atoms with van der Waals surface area (Å²) in [7, 11) is 0. The van der Waals surface area contributed by atoms with Crippen molar-refractivity contribution < 1.29 is 9.59 Å². The predicted molar refractivity (Wildman–Crippen MR) is 99.2 cm³/mol. The van der Waals surface area contributed by atoms with E-state index in [1.165, 1.54) is 0 Å². The van der Waals surface area contributed by atoms with E-state index >= 15 is 0 Å². The van der Waals surface area contributed by atoms with Gasteiger partial charge in [0, 0.05) is 6.54 Å². The molecule has 1 atom stereocenters. The summed E-state index contributed by atoms with van der Waals surface area (Å²) < 4.78 is 0. The van der Waals surface area contributed by atoms with Crippen LogP contribution in [0.15, 0.2) is 48.5 Å². The van der Waals surface area contributed by atoms with E-state index < -0.39 is 0 Å². The van der Waals surface area contributed by atoms with E-state index in [0.717, 1.165) is 22.3 Å². The van der Waals surface area contributed by atoms with E-state index in [1.54, 1.807) is 0 Å². The van der Waals surface area contributed by atoms with E-state index in [-0.39, 0.29) is 24.5 Å². The van der Waals surface area contributed by atoms with Crippen molar-refractivity contribution >= 4 is 11.9 Å². The lowest BCUT2D eigenvalue weighted by Crippen LogP contribution is -2.42. The van der Waals surface area contributed by atoms with Gasteiger partial charge in [0.15, 0.2) is 0 Å². The molecule has 0 heterocycles. The van der Waals surface area contributed by atoms with Gasteiger partial charge in [-0.3, -0.25) is 4.79 Å². The van der Waals surface area contributed by atoms with Crippen LogP contribution in [0.5, 0.6) is 0 Å². The van der Waals surface area contributed by atoms with Gasteiger partial charge >= 0.3 is 6.03 Å². The third-order valence-electron chi connectivity index (χ3n) is 3.98. The quantitative estimate of drug-likeness (QED) is 0.757. The summed E-state index contributed by atoms with van der Waals surface area (Å²) in [5, 5.41) is 8.21. The van der Waals surface area contributed by atoms with Crippen molar-refractivity contribution in [2.75, 3.05) is 6.54 Å². The van der Waals surface area contributed by atoms with Crippen molar-refractivity contribution in [3.8, 4) is 0 Å². The molecule has 0 aromatic heterocycles. The first-order chi connectivity index (χ1) is 12.0. The van der Waals surface area contributed by atoms with Crippen LogP contribution in [0.2, 0.25) is 0 Å². The van der Waals surface area contributed by atoms with Crippen LogP contribution in [-0.4, -0.2) is 18.5 Å². The van der Waals surface area contributed by atoms with Crippen molar-refractivity contribution in [1.82, 2.24) is 16.0 Å². The first-order valence-electron chi connectivity index (χ1n) is 8.38. The SMILES string of the molecule is Cc1ccc(C)c(C(C)NC(=O)CNC(=O)NCc2ccccc2)c1. The number of rotatable bonds is 6. The zero-order valence-corrected chi connectivity index (χ0v) is 14.9. The molecule has 2 aromatic carbocycles. The van der Waals surface area contributed by atoms with Crippen LogP contribution in [0.3, 0.4) is 0 Å².